The number of hydrogen-bond acceptors (Lipinski definition) is 3. The zero-order valence-corrected chi connectivity index (χ0v) is 12.6. The molecule has 0 aliphatic heterocycles. The molecule has 3 rings (SSSR count). The first-order valence-electron chi connectivity index (χ1n) is 8.14. The fourth-order valence-corrected chi connectivity index (χ4v) is 3.98. The van der Waals surface area contributed by atoms with Gasteiger partial charge in [0.2, 0.25) is 0 Å². The molecule has 0 heterocycles. The minimum absolute atomic E-state index is 0.195. The number of aliphatic hydroxyl groups excluding tert-OH is 1. The van der Waals surface area contributed by atoms with E-state index in [-0.39, 0.29) is 11.5 Å². The molecule has 0 aromatic carbocycles. The standard InChI is InChI=1S/C18H26N2O/c19-20(16-11-5-6-12-16)17(21)18(13-7-8-14-18)15-9-3-1-2-4-10-15/h1-3,5-6,9-10,16-17,21H,4,7-8,11-14,19H2. The van der Waals surface area contributed by atoms with Crippen molar-refractivity contribution in [3.63, 3.8) is 0 Å². The lowest BCUT2D eigenvalue weighted by Crippen LogP contribution is -2.55. The Morgan fingerprint density at radius 1 is 1.14 bits per heavy atom. The van der Waals surface area contributed by atoms with Crippen molar-refractivity contribution in [2.75, 3.05) is 0 Å². The highest BCUT2D eigenvalue weighted by Gasteiger charge is 2.46. The van der Waals surface area contributed by atoms with E-state index in [1.165, 1.54) is 18.4 Å². The predicted molar refractivity (Wildman–Crippen MR) is 86.1 cm³/mol. The average Bonchev–Trinajstić information content (AvgIpc) is 3.14. The van der Waals surface area contributed by atoms with Gasteiger partial charge in [-0.3, -0.25) is 5.84 Å². The van der Waals surface area contributed by atoms with E-state index in [9.17, 15) is 5.11 Å². The number of hydrazine groups is 1. The Kier molecular flexibility index (Phi) is 4.43. The Morgan fingerprint density at radius 2 is 1.86 bits per heavy atom. The Morgan fingerprint density at radius 3 is 2.57 bits per heavy atom. The molecule has 3 N–H and O–H groups in total. The minimum Gasteiger partial charge on any atom is -0.376 e. The largest absolute Gasteiger partial charge is 0.376 e. The van der Waals surface area contributed by atoms with E-state index in [1.807, 2.05) is 0 Å². The molecule has 0 bridgehead atoms. The molecule has 1 fully saturated rings. The van der Waals surface area contributed by atoms with Crippen molar-refractivity contribution in [1.29, 1.82) is 0 Å². The van der Waals surface area contributed by atoms with E-state index in [2.05, 4.69) is 42.5 Å². The third-order valence-corrected chi connectivity index (χ3v) is 5.25. The van der Waals surface area contributed by atoms with Crippen LogP contribution in [0.5, 0.6) is 0 Å². The fraction of sp³-hybridized carbons (Fsp3) is 0.556. The van der Waals surface area contributed by atoms with Crippen molar-refractivity contribution in [1.82, 2.24) is 5.01 Å². The van der Waals surface area contributed by atoms with Crippen LogP contribution in [0.15, 0.2) is 48.1 Å². The van der Waals surface area contributed by atoms with Gasteiger partial charge in [-0.05, 0) is 37.7 Å². The summed E-state index contributed by atoms with van der Waals surface area (Å²) in [4.78, 5) is 0. The predicted octanol–water partition coefficient (Wildman–Crippen LogP) is 3.20. The van der Waals surface area contributed by atoms with Gasteiger partial charge in [0.1, 0.15) is 6.23 Å². The van der Waals surface area contributed by atoms with E-state index in [0.29, 0.717) is 0 Å². The van der Waals surface area contributed by atoms with Crippen LogP contribution in [0.1, 0.15) is 44.9 Å². The Bertz CT molecular complexity index is 475. The summed E-state index contributed by atoms with van der Waals surface area (Å²) in [6, 6.07) is 0.242. The summed E-state index contributed by atoms with van der Waals surface area (Å²) < 4.78 is 0. The summed E-state index contributed by atoms with van der Waals surface area (Å²) in [5.74, 6) is 6.31. The molecule has 0 saturated heterocycles. The number of hydrogen-bond donors (Lipinski definition) is 2. The molecule has 1 atom stereocenters. The van der Waals surface area contributed by atoms with Crippen LogP contribution in [0.4, 0.5) is 0 Å². The number of allylic oxidation sites excluding steroid dienone is 5. The monoisotopic (exact) mass is 286 g/mol. The summed E-state index contributed by atoms with van der Waals surface area (Å²) >= 11 is 0. The maximum Gasteiger partial charge on any atom is 0.129 e. The van der Waals surface area contributed by atoms with Crippen LogP contribution in [0.3, 0.4) is 0 Å². The first kappa shape index (κ1) is 14.8. The first-order chi connectivity index (χ1) is 10.2. The second kappa shape index (κ2) is 6.30. The molecular formula is C18H26N2O. The molecule has 1 unspecified atom stereocenters. The lowest BCUT2D eigenvalue weighted by atomic mass is 9.75. The molecule has 114 valence electrons. The van der Waals surface area contributed by atoms with Crippen molar-refractivity contribution in [3.8, 4) is 0 Å². The molecule has 0 aromatic heterocycles. The van der Waals surface area contributed by atoms with Crippen molar-refractivity contribution >= 4 is 0 Å². The molecule has 21 heavy (non-hydrogen) atoms. The number of nitrogens with two attached hydrogens (primary N) is 1. The summed E-state index contributed by atoms with van der Waals surface area (Å²) in [6.07, 6.45) is 21.7. The molecule has 1 saturated carbocycles. The molecule has 3 nitrogen and oxygen atoms in total. The van der Waals surface area contributed by atoms with E-state index >= 15 is 0 Å². The van der Waals surface area contributed by atoms with Crippen LogP contribution in [0.25, 0.3) is 0 Å². The molecule has 3 heteroatoms. The van der Waals surface area contributed by atoms with Gasteiger partial charge in [-0.2, -0.15) is 0 Å². The third-order valence-electron chi connectivity index (χ3n) is 5.25. The van der Waals surface area contributed by atoms with Crippen molar-refractivity contribution in [2.45, 2.75) is 57.2 Å². The first-order valence-corrected chi connectivity index (χ1v) is 8.14. The summed E-state index contributed by atoms with van der Waals surface area (Å²) in [5, 5.41) is 12.8. The van der Waals surface area contributed by atoms with Gasteiger partial charge in [-0.1, -0.05) is 55.4 Å². The molecule has 3 aliphatic rings. The van der Waals surface area contributed by atoms with Crippen molar-refractivity contribution < 1.29 is 5.11 Å². The van der Waals surface area contributed by atoms with E-state index in [4.69, 9.17) is 5.84 Å². The summed E-state index contributed by atoms with van der Waals surface area (Å²) in [5.41, 5.74) is 1.07. The Hall–Kier alpha value is -1.16. The maximum absolute atomic E-state index is 11.1. The fourth-order valence-electron chi connectivity index (χ4n) is 3.98. The van der Waals surface area contributed by atoms with Gasteiger partial charge in [0.25, 0.3) is 0 Å². The second-order valence-corrected chi connectivity index (χ2v) is 6.46. The molecule has 0 spiro atoms. The molecule has 0 aromatic rings. The lowest BCUT2D eigenvalue weighted by molar-refractivity contribution is -0.0935. The van der Waals surface area contributed by atoms with Crippen LogP contribution in [0.2, 0.25) is 0 Å². The Labute approximate surface area is 127 Å². The van der Waals surface area contributed by atoms with Gasteiger partial charge >= 0.3 is 0 Å². The summed E-state index contributed by atoms with van der Waals surface area (Å²) in [6.45, 7) is 0. The lowest BCUT2D eigenvalue weighted by Gasteiger charge is -2.42. The maximum atomic E-state index is 11.1. The van der Waals surface area contributed by atoms with Crippen LogP contribution >= 0.6 is 0 Å². The molecular weight excluding hydrogens is 260 g/mol. The van der Waals surface area contributed by atoms with Gasteiger partial charge in [-0.15, -0.1) is 0 Å². The zero-order valence-electron chi connectivity index (χ0n) is 12.6. The quantitative estimate of drug-likeness (QED) is 0.361. The van der Waals surface area contributed by atoms with Crippen molar-refractivity contribution in [3.05, 3.63) is 48.1 Å². The van der Waals surface area contributed by atoms with Gasteiger partial charge in [0.15, 0.2) is 0 Å². The van der Waals surface area contributed by atoms with Gasteiger partial charge < -0.3 is 5.11 Å². The number of rotatable bonds is 4. The van der Waals surface area contributed by atoms with Crippen LogP contribution in [0, 0.1) is 5.41 Å². The van der Waals surface area contributed by atoms with Crippen molar-refractivity contribution in [2.24, 2.45) is 11.3 Å². The molecule has 3 aliphatic carbocycles. The van der Waals surface area contributed by atoms with E-state index < -0.39 is 6.23 Å². The smallest absolute Gasteiger partial charge is 0.129 e. The minimum atomic E-state index is -0.598. The number of nitrogens with zero attached hydrogens (tertiary/aromatic N) is 1. The zero-order chi connectivity index (χ0) is 14.7. The topological polar surface area (TPSA) is 49.5 Å². The summed E-state index contributed by atoms with van der Waals surface area (Å²) in [7, 11) is 0. The normalized spacial score (nSPS) is 26.3. The van der Waals surface area contributed by atoms with Gasteiger partial charge in [-0.25, -0.2) is 5.01 Å². The SMILES string of the molecule is NN(C1CC=CC1)C(O)C1(C2=CCC=CC=C2)CCCC1. The van der Waals surface area contributed by atoms with E-state index in [1.54, 1.807) is 5.01 Å². The van der Waals surface area contributed by atoms with Gasteiger partial charge in [0, 0.05) is 11.5 Å². The highest BCUT2D eigenvalue weighted by Crippen LogP contribution is 2.49. The Balaban J connectivity index is 1.84. The molecule has 0 radical (unpaired) electrons. The van der Waals surface area contributed by atoms with Crippen LogP contribution in [-0.2, 0) is 0 Å². The highest BCUT2D eigenvalue weighted by molar-refractivity contribution is 5.34. The van der Waals surface area contributed by atoms with E-state index in [0.717, 1.165) is 32.1 Å². The number of aliphatic hydroxyl groups is 1. The third kappa shape index (κ3) is 2.78. The second-order valence-electron chi connectivity index (χ2n) is 6.46. The van der Waals surface area contributed by atoms with Crippen LogP contribution in [-0.4, -0.2) is 22.4 Å². The van der Waals surface area contributed by atoms with Gasteiger partial charge in [0.05, 0.1) is 0 Å². The molecule has 0 amide bonds. The highest BCUT2D eigenvalue weighted by atomic mass is 16.3. The van der Waals surface area contributed by atoms with Crippen LogP contribution < -0.4 is 5.84 Å². The average molecular weight is 286 g/mol.